The quantitative estimate of drug-likeness (QED) is 0.754. The molecule has 2 heterocycles. The average molecular weight is 248 g/mol. The highest BCUT2D eigenvalue weighted by atomic mass is 16.7. The molecule has 0 N–H and O–H groups in total. The monoisotopic (exact) mass is 248 g/mol. The Balaban J connectivity index is 1.86. The summed E-state index contributed by atoms with van der Waals surface area (Å²) >= 11 is 0. The van der Waals surface area contributed by atoms with Crippen molar-refractivity contribution in [2.75, 3.05) is 0 Å². The maximum absolute atomic E-state index is 6.05. The minimum Gasteiger partial charge on any atom is -0.473 e. The first kappa shape index (κ1) is 12.3. The van der Waals surface area contributed by atoms with Crippen LogP contribution in [0.2, 0.25) is 0 Å². The molecule has 1 aliphatic carbocycles. The van der Waals surface area contributed by atoms with Gasteiger partial charge in [-0.1, -0.05) is 6.42 Å². The summed E-state index contributed by atoms with van der Waals surface area (Å²) in [6.07, 6.45) is 5.59. The Hall–Kier alpha value is -0.735. The second-order valence-corrected chi connectivity index (χ2v) is 6.46. The van der Waals surface area contributed by atoms with E-state index in [9.17, 15) is 0 Å². The molecule has 1 aromatic heterocycles. The highest BCUT2D eigenvalue weighted by molar-refractivity contribution is 6.61. The highest BCUT2D eigenvalue weighted by Crippen LogP contribution is 2.39. The Bertz CT molecular complexity index is 430. The number of hydrogen-bond acceptors (Lipinski definition) is 3. The van der Waals surface area contributed by atoms with Gasteiger partial charge in [0.25, 0.3) is 0 Å². The molecule has 98 valence electrons. The maximum Gasteiger partial charge on any atom is 0.533 e. The molecular formula is C14H21BO3. The van der Waals surface area contributed by atoms with Gasteiger partial charge < -0.3 is 13.7 Å². The van der Waals surface area contributed by atoms with Gasteiger partial charge in [0.2, 0.25) is 0 Å². The van der Waals surface area contributed by atoms with Crippen molar-refractivity contribution in [3.63, 3.8) is 0 Å². The molecule has 1 aromatic rings. The van der Waals surface area contributed by atoms with Gasteiger partial charge in [0.1, 0.15) is 5.66 Å². The third kappa shape index (κ3) is 1.74. The van der Waals surface area contributed by atoms with E-state index in [4.69, 9.17) is 13.7 Å². The molecule has 1 saturated heterocycles. The minimum atomic E-state index is -0.361. The Morgan fingerprint density at radius 3 is 2.22 bits per heavy atom. The van der Waals surface area contributed by atoms with Crippen LogP contribution < -0.4 is 5.66 Å². The van der Waals surface area contributed by atoms with Crippen molar-refractivity contribution in [3.05, 3.63) is 17.9 Å². The van der Waals surface area contributed by atoms with Crippen LogP contribution in [0.3, 0.4) is 0 Å². The smallest absolute Gasteiger partial charge is 0.473 e. The van der Waals surface area contributed by atoms with Crippen LogP contribution in [0, 0.1) is 0 Å². The van der Waals surface area contributed by atoms with Gasteiger partial charge in [0.05, 0.1) is 17.5 Å². The summed E-state index contributed by atoms with van der Waals surface area (Å²) < 4.78 is 17.7. The number of hydrogen-bond donors (Lipinski definition) is 0. The van der Waals surface area contributed by atoms with Gasteiger partial charge in [-0.05, 0) is 58.1 Å². The summed E-state index contributed by atoms with van der Waals surface area (Å²) in [5.74, 6) is 0.637. The van der Waals surface area contributed by atoms with E-state index in [0.29, 0.717) is 5.92 Å². The topological polar surface area (TPSA) is 31.6 Å². The summed E-state index contributed by atoms with van der Waals surface area (Å²) in [5, 5.41) is 0. The van der Waals surface area contributed by atoms with Crippen LogP contribution in [-0.2, 0) is 9.31 Å². The minimum absolute atomic E-state index is 0.304. The van der Waals surface area contributed by atoms with Crippen molar-refractivity contribution in [3.8, 4) is 0 Å². The molecule has 3 rings (SSSR count). The molecule has 3 nitrogen and oxygen atoms in total. The van der Waals surface area contributed by atoms with E-state index in [1.54, 1.807) is 6.26 Å². The van der Waals surface area contributed by atoms with Gasteiger partial charge >= 0.3 is 7.12 Å². The van der Waals surface area contributed by atoms with Crippen molar-refractivity contribution >= 4 is 12.8 Å². The van der Waals surface area contributed by atoms with E-state index in [2.05, 4.69) is 33.8 Å². The van der Waals surface area contributed by atoms with Crippen molar-refractivity contribution in [2.24, 2.45) is 0 Å². The van der Waals surface area contributed by atoms with Crippen molar-refractivity contribution in [2.45, 2.75) is 64.1 Å². The van der Waals surface area contributed by atoms with Gasteiger partial charge in [-0.15, -0.1) is 0 Å². The summed E-state index contributed by atoms with van der Waals surface area (Å²) in [4.78, 5) is 0. The van der Waals surface area contributed by atoms with E-state index in [1.165, 1.54) is 24.8 Å². The molecule has 2 aliphatic rings. The summed E-state index contributed by atoms with van der Waals surface area (Å²) in [7, 11) is -0.361. The van der Waals surface area contributed by atoms with Crippen molar-refractivity contribution in [1.29, 1.82) is 0 Å². The first-order valence-electron chi connectivity index (χ1n) is 6.84. The molecule has 0 bridgehead atoms. The molecular weight excluding hydrogens is 227 g/mol. The zero-order valence-corrected chi connectivity index (χ0v) is 11.7. The molecule has 0 unspecified atom stereocenters. The normalized spacial score (nSPS) is 26.3. The molecule has 18 heavy (non-hydrogen) atoms. The lowest BCUT2D eigenvalue weighted by molar-refractivity contribution is 0.00578. The lowest BCUT2D eigenvalue weighted by Gasteiger charge is -2.32. The van der Waals surface area contributed by atoms with Crippen LogP contribution in [0.15, 0.2) is 16.7 Å². The highest BCUT2D eigenvalue weighted by Gasteiger charge is 2.54. The van der Waals surface area contributed by atoms with E-state index in [-0.39, 0.29) is 18.3 Å². The Morgan fingerprint density at radius 1 is 1.11 bits per heavy atom. The van der Waals surface area contributed by atoms with Crippen molar-refractivity contribution < 1.29 is 13.7 Å². The SMILES string of the molecule is CC1(C)OB(c2occc2C2CCC2)OC1(C)C. The molecule has 0 spiro atoms. The van der Waals surface area contributed by atoms with E-state index < -0.39 is 0 Å². The fourth-order valence-corrected chi connectivity index (χ4v) is 2.53. The standard InChI is InChI=1S/C14H21BO3/c1-13(2)14(3,4)18-15(17-13)12-11(8-9-16-12)10-6-5-7-10/h8-10H,5-7H2,1-4H3. The van der Waals surface area contributed by atoms with Gasteiger partial charge in [-0.25, -0.2) is 0 Å². The fraction of sp³-hybridized carbons (Fsp3) is 0.714. The molecule has 0 atom stereocenters. The molecule has 0 aromatic carbocycles. The van der Waals surface area contributed by atoms with Crippen molar-refractivity contribution in [1.82, 2.24) is 0 Å². The van der Waals surface area contributed by atoms with E-state index in [1.807, 2.05) is 0 Å². The second-order valence-electron chi connectivity index (χ2n) is 6.46. The third-order valence-corrected chi connectivity index (χ3v) is 4.74. The number of furan rings is 1. The number of rotatable bonds is 2. The predicted molar refractivity (Wildman–Crippen MR) is 71.0 cm³/mol. The second kappa shape index (κ2) is 3.88. The summed E-state index contributed by atoms with van der Waals surface area (Å²) in [6.45, 7) is 8.27. The van der Waals surface area contributed by atoms with Crippen LogP contribution in [0.4, 0.5) is 0 Å². The lowest BCUT2D eigenvalue weighted by Crippen LogP contribution is -2.41. The average Bonchev–Trinajstić information content (AvgIpc) is 2.68. The Labute approximate surface area is 109 Å². The van der Waals surface area contributed by atoms with Gasteiger partial charge in [0.15, 0.2) is 0 Å². The molecule has 0 amide bonds. The van der Waals surface area contributed by atoms with Crippen LogP contribution >= 0.6 is 0 Å². The molecule has 2 fully saturated rings. The van der Waals surface area contributed by atoms with Crippen LogP contribution in [0.25, 0.3) is 0 Å². The van der Waals surface area contributed by atoms with Gasteiger partial charge in [0, 0.05) is 0 Å². The van der Waals surface area contributed by atoms with Crippen LogP contribution in [0.5, 0.6) is 0 Å². The summed E-state index contributed by atoms with van der Waals surface area (Å²) in [6, 6.07) is 2.07. The van der Waals surface area contributed by atoms with Gasteiger partial charge in [-0.3, -0.25) is 0 Å². The lowest BCUT2D eigenvalue weighted by atomic mass is 9.73. The Morgan fingerprint density at radius 2 is 1.72 bits per heavy atom. The predicted octanol–water partition coefficient (Wildman–Crippen LogP) is 2.85. The zero-order chi connectivity index (χ0) is 13.0. The zero-order valence-electron chi connectivity index (χ0n) is 11.7. The first-order chi connectivity index (χ1) is 8.41. The molecule has 4 heteroatoms. The van der Waals surface area contributed by atoms with Gasteiger partial charge in [-0.2, -0.15) is 0 Å². The first-order valence-corrected chi connectivity index (χ1v) is 6.84. The molecule has 0 radical (unpaired) electrons. The maximum atomic E-state index is 6.05. The Kier molecular flexibility index (Phi) is 2.65. The summed E-state index contributed by atoms with van der Waals surface area (Å²) in [5.41, 5.74) is 1.54. The van der Waals surface area contributed by atoms with E-state index >= 15 is 0 Å². The van der Waals surface area contributed by atoms with Crippen LogP contribution in [0.1, 0.15) is 58.4 Å². The molecule has 1 saturated carbocycles. The largest absolute Gasteiger partial charge is 0.533 e. The fourth-order valence-electron chi connectivity index (χ4n) is 2.53. The molecule has 1 aliphatic heterocycles. The van der Waals surface area contributed by atoms with Crippen LogP contribution in [-0.4, -0.2) is 18.3 Å². The van der Waals surface area contributed by atoms with E-state index in [0.717, 1.165) is 5.66 Å². The third-order valence-electron chi connectivity index (χ3n) is 4.74.